The molecule has 0 atom stereocenters. The number of sulfonamides is 1. The van der Waals surface area contributed by atoms with Crippen LogP contribution in [0.2, 0.25) is 0 Å². The van der Waals surface area contributed by atoms with Gasteiger partial charge in [0.15, 0.2) is 0 Å². The van der Waals surface area contributed by atoms with E-state index in [4.69, 9.17) is 0 Å². The standard InChI is InChI=1S/C14H21FN2O2S/c1-2-17-9-7-12(8-10-17)11-16-20(18,19)14-6-4-3-5-13(14)15/h3-6,12,16H,2,7-11H2,1H3. The van der Waals surface area contributed by atoms with Gasteiger partial charge in [0.05, 0.1) is 0 Å². The van der Waals surface area contributed by atoms with Crippen molar-refractivity contribution >= 4 is 10.0 Å². The molecule has 0 amide bonds. The number of hydrogen-bond donors (Lipinski definition) is 1. The molecule has 1 aliphatic heterocycles. The highest BCUT2D eigenvalue weighted by Gasteiger charge is 2.22. The number of nitrogens with zero attached hydrogens (tertiary/aromatic N) is 1. The van der Waals surface area contributed by atoms with Crippen molar-refractivity contribution in [3.8, 4) is 0 Å². The van der Waals surface area contributed by atoms with Crippen LogP contribution in [0.3, 0.4) is 0 Å². The molecule has 1 fully saturated rings. The molecule has 112 valence electrons. The van der Waals surface area contributed by atoms with Gasteiger partial charge in [-0.3, -0.25) is 0 Å². The highest BCUT2D eigenvalue weighted by molar-refractivity contribution is 7.89. The predicted octanol–water partition coefficient (Wildman–Crippen LogP) is 1.84. The highest BCUT2D eigenvalue weighted by atomic mass is 32.2. The van der Waals surface area contributed by atoms with Crippen LogP contribution in [0.4, 0.5) is 4.39 Å². The molecule has 2 rings (SSSR count). The van der Waals surface area contributed by atoms with Crippen LogP contribution in [0.25, 0.3) is 0 Å². The van der Waals surface area contributed by atoms with E-state index in [1.54, 1.807) is 0 Å². The Hall–Kier alpha value is -0.980. The lowest BCUT2D eigenvalue weighted by Crippen LogP contribution is -2.38. The molecule has 1 saturated heterocycles. The third kappa shape index (κ3) is 3.77. The first-order chi connectivity index (χ1) is 9.53. The smallest absolute Gasteiger partial charge is 0.243 e. The van der Waals surface area contributed by atoms with Crippen LogP contribution >= 0.6 is 0 Å². The first kappa shape index (κ1) is 15.4. The van der Waals surface area contributed by atoms with Crippen LogP contribution in [0.15, 0.2) is 29.2 Å². The summed E-state index contributed by atoms with van der Waals surface area (Å²) in [4.78, 5) is 2.08. The number of halogens is 1. The molecule has 4 nitrogen and oxygen atoms in total. The molecule has 0 spiro atoms. The Kier molecular flexibility index (Phi) is 5.12. The van der Waals surface area contributed by atoms with Crippen molar-refractivity contribution in [2.24, 2.45) is 5.92 Å². The Morgan fingerprint density at radius 2 is 1.95 bits per heavy atom. The Bertz CT molecular complexity index is 540. The zero-order chi connectivity index (χ0) is 14.6. The van der Waals surface area contributed by atoms with Gasteiger partial charge in [-0.15, -0.1) is 0 Å². The topological polar surface area (TPSA) is 49.4 Å². The summed E-state index contributed by atoms with van der Waals surface area (Å²) in [7, 11) is -3.75. The molecule has 20 heavy (non-hydrogen) atoms. The second-order valence-electron chi connectivity index (χ2n) is 5.16. The quantitative estimate of drug-likeness (QED) is 0.902. The van der Waals surface area contributed by atoms with Crippen molar-refractivity contribution in [3.05, 3.63) is 30.1 Å². The van der Waals surface area contributed by atoms with Crippen molar-refractivity contribution in [2.75, 3.05) is 26.2 Å². The van der Waals surface area contributed by atoms with Crippen LogP contribution in [-0.4, -0.2) is 39.5 Å². The van der Waals surface area contributed by atoms with Gasteiger partial charge >= 0.3 is 0 Å². The summed E-state index contributed by atoms with van der Waals surface area (Å²) < 4.78 is 40.2. The van der Waals surface area contributed by atoms with E-state index in [0.29, 0.717) is 12.5 Å². The summed E-state index contributed by atoms with van der Waals surface area (Å²) >= 11 is 0. The van der Waals surface area contributed by atoms with Crippen LogP contribution in [0, 0.1) is 11.7 Å². The van der Waals surface area contributed by atoms with E-state index >= 15 is 0 Å². The highest BCUT2D eigenvalue weighted by Crippen LogP contribution is 2.18. The molecule has 1 aromatic carbocycles. The Labute approximate surface area is 120 Å². The average molecular weight is 300 g/mol. The van der Waals surface area contributed by atoms with Gasteiger partial charge in [-0.25, -0.2) is 17.5 Å². The van der Waals surface area contributed by atoms with Crippen LogP contribution in [0.1, 0.15) is 19.8 Å². The van der Waals surface area contributed by atoms with Crippen molar-refractivity contribution in [1.29, 1.82) is 0 Å². The van der Waals surface area contributed by atoms with Gasteiger partial charge in [0.1, 0.15) is 10.7 Å². The maximum atomic E-state index is 13.5. The molecule has 1 aromatic rings. The van der Waals surface area contributed by atoms with Crippen molar-refractivity contribution in [3.63, 3.8) is 0 Å². The van der Waals surface area contributed by atoms with Gasteiger partial charge in [0.25, 0.3) is 0 Å². The first-order valence-corrected chi connectivity index (χ1v) is 8.48. The van der Waals surface area contributed by atoms with Crippen molar-refractivity contribution < 1.29 is 12.8 Å². The normalized spacial score (nSPS) is 18.3. The summed E-state index contributed by atoms with van der Waals surface area (Å²) in [6.07, 6.45) is 1.96. The molecule has 0 saturated carbocycles. The van der Waals surface area contributed by atoms with Crippen molar-refractivity contribution in [1.82, 2.24) is 9.62 Å². The number of benzene rings is 1. The average Bonchev–Trinajstić information content (AvgIpc) is 2.46. The third-order valence-electron chi connectivity index (χ3n) is 3.84. The lowest BCUT2D eigenvalue weighted by molar-refractivity contribution is 0.193. The fraction of sp³-hybridized carbons (Fsp3) is 0.571. The van der Waals surface area contributed by atoms with Gasteiger partial charge in [-0.1, -0.05) is 19.1 Å². The fourth-order valence-electron chi connectivity index (χ4n) is 2.47. The minimum absolute atomic E-state index is 0.272. The number of likely N-dealkylation sites (tertiary alicyclic amines) is 1. The van der Waals surface area contributed by atoms with Crippen molar-refractivity contribution in [2.45, 2.75) is 24.7 Å². The molecular formula is C14H21FN2O2S. The minimum atomic E-state index is -3.75. The summed E-state index contributed by atoms with van der Waals surface area (Å²) in [5.74, 6) is -0.375. The number of piperidine rings is 1. The molecule has 0 bridgehead atoms. The molecular weight excluding hydrogens is 279 g/mol. The number of nitrogens with one attached hydrogen (secondary N) is 1. The maximum absolute atomic E-state index is 13.5. The Balaban J connectivity index is 1.92. The van der Waals surface area contributed by atoms with Crippen LogP contribution in [0.5, 0.6) is 0 Å². The zero-order valence-corrected chi connectivity index (χ0v) is 12.5. The van der Waals surface area contributed by atoms with E-state index in [9.17, 15) is 12.8 Å². The van der Waals surface area contributed by atoms with Gasteiger partial charge in [0.2, 0.25) is 10.0 Å². The van der Waals surface area contributed by atoms with E-state index in [-0.39, 0.29) is 4.90 Å². The summed E-state index contributed by atoms with van der Waals surface area (Å²) in [6, 6.07) is 5.46. The third-order valence-corrected chi connectivity index (χ3v) is 5.30. The van der Waals surface area contributed by atoms with E-state index < -0.39 is 15.8 Å². The summed E-state index contributed by atoms with van der Waals surface area (Å²) in [5, 5.41) is 0. The SMILES string of the molecule is CCN1CCC(CNS(=O)(=O)c2ccccc2F)CC1. The summed E-state index contributed by atoms with van der Waals surface area (Å²) in [5.41, 5.74) is 0. The van der Waals surface area contributed by atoms with E-state index in [1.807, 2.05) is 0 Å². The second-order valence-corrected chi connectivity index (χ2v) is 6.90. The van der Waals surface area contributed by atoms with Gasteiger partial charge in [0, 0.05) is 6.54 Å². The predicted molar refractivity (Wildman–Crippen MR) is 76.4 cm³/mol. The second kappa shape index (κ2) is 6.65. The van der Waals surface area contributed by atoms with Crippen LogP contribution in [-0.2, 0) is 10.0 Å². The van der Waals surface area contributed by atoms with E-state index in [0.717, 1.165) is 38.5 Å². The number of rotatable bonds is 5. The number of hydrogen-bond acceptors (Lipinski definition) is 3. The lowest BCUT2D eigenvalue weighted by Gasteiger charge is -2.30. The molecule has 0 radical (unpaired) electrons. The molecule has 1 heterocycles. The molecule has 0 aromatic heterocycles. The first-order valence-electron chi connectivity index (χ1n) is 6.99. The monoisotopic (exact) mass is 300 g/mol. The van der Waals surface area contributed by atoms with E-state index in [1.165, 1.54) is 18.2 Å². The molecule has 0 unspecified atom stereocenters. The summed E-state index contributed by atoms with van der Waals surface area (Å²) in [6.45, 7) is 5.55. The largest absolute Gasteiger partial charge is 0.304 e. The zero-order valence-electron chi connectivity index (χ0n) is 11.7. The Morgan fingerprint density at radius 1 is 1.30 bits per heavy atom. The molecule has 6 heteroatoms. The van der Waals surface area contributed by atoms with Crippen LogP contribution < -0.4 is 4.72 Å². The molecule has 1 aliphatic rings. The van der Waals surface area contributed by atoms with Gasteiger partial charge in [-0.05, 0) is 50.5 Å². The van der Waals surface area contributed by atoms with Gasteiger partial charge in [-0.2, -0.15) is 0 Å². The molecule has 1 N–H and O–H groups in total. The maximum Gasteiger partial charge on any atom is 0.243 e. The fourth-order valence-corrected chi connectivity index (χ4v) is 3.67. The Morgan fingerprint density at radius 3 is 2.55 bits per heavy atom. The van der Waals surface area contributed by atoms with Gasteiger partial charge < -0.3 is 4.90 Å². The lowest BCUT2D eigenvalue weighted by atomic mass is 9.97. The minimum Gasteiger partial charge on any atom is -0.304 e. The molecule has 0 aliphatic carbocycles. The van der Waals surface area contributed by atoms with E-state index in [2.05, 4.69) is 16.5 Å².